The maximum absolute atomic E-state index is 10.2. The Morgan fingerprint density at radius 3 is 2.57 bits per heavy atom. The molecule has 4 nitrogen and oxygen atoms in total. The van der Waals surface area contributed by atoms with Gasteiger partial charge in [-0.05, 0) is 98.8 Å². The molecule has 192 valence electrons. The van der Waals surface area contributed by atoms with Gasteiger partial charge in [0.05, 0.1) is 30.5 Å². The van der Waals surface area contributed by atoms with Crippen molar-refractivity contribution in [3.8, 4) is 0 Å². The van der Waals surface area contributed by atoms with Gasteiger partial charge in [-0.2, -0.15) is 0 Å². The average molecular weight is 481 g/mol. The van der Waals surface area contributed by atoms with Gasteiger partial charge >= 0.3 is 0 Å². The lowest BCUT2D eigenvalue weighted by Gasteiger charge is -2.44. The number of rotatable bonds is 6. The molecule has 3 N–H and O–H groups in total. The van der Waals surface area contributed by atoms with E-state index in [-0.39, 0.29) is 11.5 Å². The fourth-order valence-electron chi connectivity index (χ4n) is 6.87. The summed E-state index contributed by atoms with van der Waals surface area (Å²) < 4.78 is 6.42. The molecule has 35 heavy (non-hydrogen) atoms. The second kappa shape index (κ2) is 10.3. The molecule has 0 aliphatic heterocycles. The van der Waals surface area contributed by atoms with Crippen molar-refractivity contribution in [2.75, 3.05) is 0 Å². The predicted octanol–water partition coefficient (Wildman–Crippen LogP) is 5.96. The van der Waals surface area contributed by atoms with Crippen LogP contribution in [0, 0.1) is 17.3 Å². The smallest absolute Gasteiger partial charge is 0.0840 e. The summed E-state index contributed by atoms with van der Waals surface area (Å²) in [5.41, 5.74) is 4.70. The fraction of sp³-hybridized carbons (Fsp3) is 0.613. The highest BCUT2D eigenvalue weighted by atomic mass is 16.5. The molecular formula is C31H44O4. The van der Waals surface area contributed by atoms with Gasteiger partial charge in [0, 0.05) is 6.42 Å². The van der Waals surface area contributed by atoms with Crippen LogP contribution in [0.3, 0.4) is 0 Å². The van der Waals surface area contributed by atoms with Gasteiger partial charge < -0.3 is 20.1 Å². The average Bonchev–Trinajstić information content (AvgIpc) is 3.16. The molecule has 0 heterocycles. The Hall–Kier alpha value is -1.72. The Morgan fingerprint density at radius 2 is 1.89 bits per heavy atom. The van der Waals surface area contributed by atoms with Crippen molar-refractivity contribution in [1.29, 1.82) is 0 Å². The van der Waals surface area contributed by atoms with Gasteiger partial charge in [-0.15, -0.1) is 0 Å². The molecule has 4 rings (SSSR count). The zero-order valence-corrected chi connectivity index (χ0v) is 22.0. The third-order valence-electron chi connectivity index (χ3n) is 9.04. The molecule has 0 amide bonds. The summed E-state index contributed by atoms with van der Waals surface area (Å²) in [6, 6.07) is 8.09. The summed E-state index contributed by atoms with van der Waals surface area (Å²) in [4.78, 5) is 0. The van der Waals surface area contributed by atoms with E-state index in [1.54, 1.807) is 13.8 Å². The molecular weight excluding hydrogens is 436 g/mol. The van der Waals surface area contributed by atoms with Crippen LogP contribution in [0.2, 0.25) is 0 Å². The first-order valence-electron chi connectivity index (χ1n) is 13.4. The molecule has 0 saturated heterocycles. The number of ether oxygens (including phenoxy) is 1. The van der Waals surface area contributed by atoms with Crippen LogP contribution >= 0.6 is 0 Å². The van der Waals surface area contributed by atoms with Crippen molar-refractivity contribution in [3.05, 3.63) is 70.8 Å². The van der Waals surface area contributed by atoms with Gasteiger partial charge in [0.1, 0.15) is 0 Å². The van der Waals surface area contributed by atoms with Gasteiger partial charge in [0.2, 0.25) is 0 Å². The van der Waals surface area contributed by atoms with E-state index in [1.807, 2.05) is 12.1 Å². The Morgan fingerprint density at radius 1 is 1.17 bits per heavy atom. The molecule has 4 heteroatoms. The Bertz CT molecular complexity index is 967. The topological polar surface area (TPSA) is 69.9 Å². The second-order valence-electron chi connectivity index (χ2n) is 11.9. The lowest BCUT2D eigenvalue weighted by Crippen LogP contribution is -2.38. The molecule has 1 aromatic rings. The molecule has 3 fully saturated rings. The lowest BCUT2D eigenvalue weighted by atomic mass is 9.62. The first-order valence-corrected chi connectivity index (χ1v) is 13.4. The molecule has 0 radical (unpaired) electrons. The first-order chi connectivity index (χ1) is 16.5. The molecule has 0 aromatic heterocycles. The van der Waals surface area contributed by atoms with E-state index in [4.69, 9.17) is 4.74 Å². The number of hydrogen-bond acceptors (Lipinski definition) is 4. The Labute approximate surface area is 211 Å². The third kappa shape index (κ3) is 5.67. The zero-order valence-electron chi connectivity index (χ0n) is 22.0. The van der Waals surface area contributed by atoms with E-state index >= 15 is 0 Å². The van der Waals surface area contributed by atoms with Crippen molar-refractivity contribution in [2.24, 2.45) is 17.3 Å². The van der Waals surface area contributed by atoms with Gasteiger partial charge in [0.15, 0.2) is 0 Å². The summed E-state index contributed by atoms with van der Waals surface area (Å²) in [6.07, 6.45) is 10.3. The van der Waals surface area contributed by atoms with E-state index in [1.165, 1.54) is 31.3 Å². The van der Waals surface area contributed by atoms with Crippen molar-refractivity contribution in [3.63, 3.8) is 0 Å². The minimum Gasteiger partial charge on any atom is -0.393 e. The normalized spacial score (nSPS) is 34.9. The molecule has 0 bridgehead atoms. The van der Waals surface area contributed by atoms with Gasteiger partial charge in [-0.25, -0.2) is 0 Å². The fourth-order valence-corrected chi connectivity index (χ4v) is 6.87. The summed E-state index contributed by atoms with van der Waals surface area (Å²) >= 11 is 0. The predicted molar refractivity (Wildman–Crippen MR) is 141 cm³/mol. The van der Waals surface area contributed by atoms with Crippen molar-refractivity contribution in [1.82, 2.24) is 0 Å². The van der Waals surface area contributed by atoms with Crippen LogP contribution in [-0.2, 0) is 16.9 Å². The highest BCUT2D eigenvalue weighted by molar-refractivity contribution is 5.38. The largest absolute Gasteiger partial charge is 0.393 e. The number of aliphatic hydroxyl groups is 3. The molecule has 3 saturated carbocycles. The van der Waals surface area contributed by atoms with Crippen LogP contribution in [0.5, 0.6) is 0 Å². The first kappa shape index (κ1) is 26.3. The van der Waals surface area contributed by atoms with Gasteiger partial charge in [0.25, 0.3) is 0 Å². The van der Waals surface area contributed by atoms with E-state index in [0.29, 0.717) is 31.3 Å². The van der Waals surface area contributed by atoms with Crippen LogP contribution in [0.15, 0.2) is 59.7 Å². The molecule has 2 unspecified atom stereocenters. The van der Waals surface area contributed by atoms with Crippen LogP contribution in [0.4, 0.5) is 0 Å². The summed E-state index contributed by atoms with van der Waals surface area (Å²) in [6.45, 7) is 13.0. The minimum atomic E-state index is -0.827. The quantitative estimate of drug-likeness (QED) is 0.470. The molecule has 1 aromatic carbocycles. The maximum atomic E-state index is 10.2. The number of benzene rings is 1. The van der Waals surface area contributed by atoms with Gasteiger partial charge in [-0.3, -0.25) is 0 Å². The summed E-state index contributed by atoms with van der Waals surface area (Å²) in [7, 11) is 0. The number of aliphatic hydroxyl groups excluding tert-OH is 2. The van der Waals surface area contributed by atoms with E-state index < -0.39 is 17.8 Å². The molecule has 0 spiro atoms. The second-order valence-corrected chi connectivity index (χ2v) is 11.9. The molecule has 6 atom stereocenters. The van der Waals surface area contributed by atoms with E-state index in [9.17, 15) is 15.3 Å². The summed E-state index contributed by atoms with van der Waals surface area (Å²) in [5.74, 6) is 1.08. The Kier molecular flexibility index (Phi) is 7.78. The lowest BCUT2D eigenvalue weighted by molar-refractivity contribution is -0.0332. The minimum absolute atomic E-state index is 0.181. The van der Waals surface area contributed by atoms with Crippen LogP contribution in [0.25, 0.3) is 0 Å². The third-order valence-corrected chi connectivity index (χ3v) is 9.04. The van der Waals surface area contributed by atoms with Crippen LogP contribution in [-0.4, -0.2) is 33.6 Å². The number of hydrogen-bond donors (Lipinski definition) is 3. The van der Waals surface area contributed by atoms with E-state index in [0.717, 1.165) is 28.7 Å². The summed E-state index contributed by atoms with van der Waals surface area (Å²) in [5, 5.41) is 30.4. The molecule has 3 aliphatic carbocycles. The van der Waals surface area contributed by atoms with Gasteiger partial charge in [-0.1, -0.05) is 55.5 Å². The van der Waals surface area contributed by atoms with Crippen molar-refractivity contribution >= 4 is 0 Å². The van der Waals surface area contributed by atoms with Crippen molar-refractivity contribution in [2.45, 2.75) is 103 Å². The highest BCUT2D eigenvalue weighted by Crippen LogP contribution is 2.58. The highest BCUT2D eigenvalue weighted by Gasteiger charge is 2.51. The monoisotopic (exact) mass is 480 g/mol. The number of allylic oxidation sites excluding steroid dienone is 3. The van der Waals surface area contributed by atoms with E-state index in [2.05, 4.69) is 44.7 Å². The van der Waals surface area contributed by atoms with Crippen LogP contribution in [0.1, 0.15) is 83.8 Å². The standard InChI is InChI=1S/C31H44O4/c1-20-24(17-26(32)18-29(20)33)11-10-23-7-6-16-31(5)27(14-15-28(23)31)21(2)35-19-22-8-12-25(13-9-22)30(3,4)34/h8-13,21,26-29,32-34H,1,6-7,14-19H2,2-5H3/b23-10+,24-11-/t21-,26-,27-,28+,29?,31?/m1/s1. The zero-order chi connectivity index (χ0) is 25.4. The van der Waals surface area contributed by atoms with Crippen LogP contribution < -0.4 is 0 Å². The maximum Gasteiger partial charge on any atom is 0.0840 e. The molecule has 3 aliphatic rings. The van der Waals surface area contributed by atoms with Crippen molar-refractivity contribution < 1.29 is 20.1 Å². The number of fused-ring (bicyclic) bond motifs is 1. The SMILES string of the molecule is C=C1/C(=C\C=C2/CCCC3(C)[C@@H]([C@@H](C)OCc4ccc(C(C)(C)O)cc4)CC[C@@H]23)C[C@@H](O)CC1O. The Balaban J connectivity index is 1.42.